The lowest BCUT2D eigenvalue weighted by molar-refractivity contribution is 0.0949. The number of hydrogen-bond acceptors (Lipinski definition) is 3. The van der Waals surface area contributed by atoms with Crippen molar-refractivity contribution in [2.45, 2.75) is 32.7 Å². The van der Waals surface area contributed by atoms with Crippen LogP contribution in [0.4, 0.5) is 5.69 Å². The number of carbonyl (C=O) groups is 2. The summed E-state index contributed by atoms with van der Waals surface area (Å²) in [5.41, 5.74) is 3.42. The van der Waals surface area contributed by atoms with E-state index in [1.165, 1.54) is 0 Å². The van der Waals surface area contributed by atoms with Gasteiger partial charge in [0.05, 0.1) is 11.8 Å². The molecule has 2 amide bonds. The fourth-order valence-corrected chi connectivity index (χ4v) is 2.31. The summed E-state index contributed by atoms with van der Waals surface area (Å²) in [7, 11) is 1.79. The van der Waals surface area contributed by atoms with E-state index in [9.17, 15) is 9.59 Å². The first-order chi connectivity index (χ1) is 11.0. The summed E-state index contributed by atoms with van der Waals surface area (Å²) in [6.07, 6.45) is 3.63. The van der Waals surface area contributed by atoms with Gasteiger partial charge in [-0.05, 0) is 44.4 Å². The maximum absolute atomic E-state index is 12.4. The Bertz CT molecular complexity index is 775. The molecule has 3 rings (SSSR count). The molecule has 0 saturated heterocycles. The molecule has 1 aliphatic carbocycles. The first-order valence-electron chi connectivity index (χ1n) is 7.67. The van der Waals surface area contributed by atoms with Gasteiger partial charge in [-0.3, -0.25) is 14.3 Å². The van der Waals surface area contributed by atoms with E-state index in [2.05, 4.69) is 15.7 Å². The topological polar surface area (TPSA) is 76.0 Å². The van der Waals surface area contributed by atoms with Gasteiger partial charge in [-0.25, -0.2) is 0 Å². The molecule has 1 heterocycles. The van der Waals surface area contributed by atoms with Crippen molar-refractivity contribution in [2.75, 3.05) is 5.32 Å². The van der Waals surface area contributed by atoms with Gasteiger partial charge in [-0.2, -0.15) is 5.10 Å². The third kappa shape index (κ3) is 3.26. The molecule has 1 aromatic carbocycles. The van der Waals surface area contributed by atoms with Crippen LogP contribution in [-0.4, -0.2) is 27.6 Å². The second-order valence-electron chi connectivity index (χ2n) is 6.00. The Balaban J connectivity index is 1.80. The van der Waals surface area contributed by atoms with Crippen molar-refractivity contribution in [2.24, 2.45) is 7.05 Å². The van der Waals surface area contributed by atoms with Gasteiger partial charge in [0.25, 0.3) is 11.8 Å². The summed E-state index contributed by atoms with van der Waals surface area (Å²) in [6, 6.07) is 5.64. The van der Waals surface area contributed by atoms with Crippen LogP contribution in [0.3, 0.4) is 0 Å². The predicted molar refractivity (Wildman–Crippen MR) is 87.6 cm³/mol. The largest absolute Gasteiger partial charge is 0.349 e. The van der Waals surface area contributed by atoms with E-state index in [1.54, 1.807) is 30.1 Å². The normalized spacial score (nSPS) is 13.7. The Morgan fingerprint density at radius 3 is 2.57 bits per heavy atom. The first-order valence-corrected chi connectivity index (χ1v) is 7.67. The van der Waals surface area contributed by atoms with E-state index in [-0.39, 0.29) is 11.8 Å². The highest BCUT2D eigenvalue weighted by Crippen LogP contribution is 2.22. The van der Waals surface area contributed by atoms with Gasteiger partial charge < -0.3 is 10.6 Å². The second kappa shape index (κ2) is 5.87. The summed E-state index contributed by atoms with van der Waals surface area (Å²) in [4.78, 5) is 24.5. The summed E-state index contributed by atoms with van der Waals surface area (Å²) in [5.74, 6) is -0.320. The zero-order valence-corrected chi connectivity index (χ0v) is 13.5. The predicted octanol–water partition coefficient (Wildman–Crippen LogP) is 2.18. The highest BCUT2D eigenvalue weighted by Gasteiger charge is 2.24. The van der Waals surface area contributed by atoms with Gasteiger partial charge in [-0.1, -0.05) is 6.07 Å². The number of hydrogen-bond donors (Lipinski definition) is 2. The molecule has 1 fully saturated rings. The summed E-state index contributed by atoms with van der Waals surface area (Å²) < 4.78 is 1.65. The van der Waals surface area contributed by atoms with Crippen molar-refractivity contribution < 1.29 is 9.59 Å². The minimum Gasteiger partial charge on any atom is -0.349 e. The Labute approximate surface area is 134 Å². The molecular weight excluding hydrogens is 292 g/mol. The van der Waals surface area contributed by atoms with Crippen molar-refractivity contribution in [1.82, 2.24) is 15.1 Å². The van der Waals surface area contributed by atoms with Gasteiger partial charge in [0.2, 0.25) is 0 Å². The number of carbonyl (C=O) groups excluding carboxylic acids is 2. The number of amides is 2. The van der Waals surface area contributed by atoms with Crippen LogP contribution in [0, 0.1) is 13.8 Å². The number of anilines is 1. The lowest BCUT2D eigenvalue weighted by atomic mass is 10.1. The molecule has 0 atom stereocenters. The molecule has 0 radical (unpaired) electrons. The molecule has 6 heteroatoms. The molecule has 1 aromatic heterocycles. The fourth-order valence-electron chi connectivity index (χ4n) is 2.31. The molecule has 0 unspecified atom stereocenters. The van der Waals surface area contributed by atoms with Crippen LogP contribution in [-0.2, 0) is 7.05 Å². The van der Waals surface area contributed by atoms with E-state index in [0.29, 0.717) is 22.9 Å². The minimum atomic E-state index is -0.224. The maximum atomic E-state index is 12.4. The number of benzene rings is 1. The Hall–Kier alpha value is -2.63. The number of nitrogens with one attached hydrogen (secondary N) is 2. The third-order valence-electron chi connectivity index (χ3n) is 4.14. The third-order valence-corrected chi connectivity index (χ3v) is 4.14. The SMILES string of the molecule is Cc1ccc(C(=O)NC2CC2)cc1NC(=O)c1cnn(C)c1C. The maximum Gasteiger partial charge on any atom is 0.259 e. The number of rotatable bonds is 4. The van der Waals surface area contributed by atoms with Crippen molar-refractivity contribution >= 4 is 17.5 Å². The summed E-state index contributed by atoms with van der Waals surface area (Å²) in [6.45, 7) is 3.74. The first kappa shape index (κ1) is 15.3. The van der Waals surface area contributed by atoms with E-state index >= 15 is 0 Å². The van der Waals surface area contributed by atoms with E-state index in [4.69, 9.17) is 0 Å². The van der Waals surface area contributed by atoms with Gasteiger partial charge in [-0.15, -0.1) is 0 Å². The van der Waals surface area contributed by atoms with Gasteiger partial charge in [0.15, 0.2) is 0 Å². The molecule has 0 spiro atoms. The molecule has 120 valence electrons. The lowest BCUT2D eigenvalue weighted by Gasteiger charge is -2.11. The van der Waals surface area contributed by atoms with Crippen LogP contribution < -0.4 is 10.6 Å². The quantitative estimate of drug-likeness (QED) is 0.908. The smallest absolute Gasteiger partial charge is 0.259 e. The monoisotopic (exact) mass is 312 g/mol. The van der Waals surface area contributed by atoms with Gasteiger partial charge >= 0.3 is 0 Å². The van der Waals surface area contributed by atoms with Crippen LogP contribution in [0.25, 0.3) is 0 Å². The second-order valence-corrected chi connectivity index (χ2v) is 6.00. The van der Waals surface area contributed by atoms with Crippen LogP contribution in [0.1, 0.15) is 44.8 Å². The molecule has 2 N–H and O–H groups in total. The highest BCUT2D eigenvalue weighted by molar-refractivity contribution is 6.06. The molecule has 0 bridgehead atoms. The molecular formula is C17H20N4O2. The van der Waals surface area contributed by atoms with Crippen LogP contribution in [0.5, 0.6) is 0 Å². The molecule has 2 aromatic rings. The van der Waals surface area contributed by atoms with E-state index in [1.807, 2.05) is 19.9 Å². The lowest BCUT2D eigenvalue weighted by Crippen LogP contribution is -2.25. The van der Waals surface area contributed by atoms with Crippen LogP contribution in [0.2, 0.25) is 0 Å². The fraction of sp³-hybridized carbons (Fsp3) is 0.353. The standard InChI is InChI=1S/C17H20N4O2/c1-10-4-5-12(16(22)19-13-6-7-13)8-15(10)20-17(23)14-9-18-21(3)11(14)2/h4-5,8-9,13H,6-7H2,1-3H3,(H,19,22)(H,20,23). The van der Waals surface area contributed by atoms with Crippen molar-refractivity contribution in [1.29, 1.82) is 0 Å². The van der Waals surface area contributed by atoms with Crippen molar-refractivity contribution in [3.05, 3.63) is 46.8 Å². The average molecular weight is 312 g/mol. The zero-order valence-electron chi connectivity index (χ0n) is 13.5. The molecule has 6 nitrogen and oxygen atoms in total. The Kier molecular flexibility index (Phi) is 3.90. The molecule has 1 saturated carbocycles. The molecule has 1 aliphatic rings. The minimum absolute atomic E-state index is 0.0967. The van der Waals surface area contributed by atoms with Crippen molar-refractivity contribution in [3.8, 4) is 0 Å². The van der Waals surface area contributed by atoms with E-state index < -0.39 is 0 Å². The highest BCUT2D eigenvalue weighted by atomic mass is 16.2. The molecule has 23 heavy (non-hydrogen) atoms. The Morgan fingerprint density at radius 1 is 1.22 bits per heavy atom. The zero-order chi connectivity index (χ0) is 16.6. The molecule has 0 aliphatic heterocycles. The van der Waals surface area contributed by atoms with Crippen LogP contribution >= 0.6 is 0 Å². The average Bonchev–Trinajstić information content (AvgIpc) is 3.26. The Morgan fingerprint density at radius 2 is 1.96 bits per heavy atom. The summed E-state index contributed by atoms with van der Waals surface area (Å²) in [5, 5.41) is 9.90. The van der Waals surface area contributed by atoms with Crippen molar-refractivity contribution in [3.63, 3.8) is 0 Å². The van der Waals surface area contributed by atoms with E-state index in [0.717, 1.165) is 24.1 Å². The van der Waals surface area contributed by atoms with Crippen LogP contribution in [0.15, 0.2) is 24.4 Å². The number of nitrogens with zero attached hydrogens (tertiary/aromatic N) is 2. The van der Waals surface area contributed by atoms with Gasteiger partial charge in [0, 0.05) is 30.0 Å². The summed E-state index contributed by atoms with van der Waals surface area (Å²) >= 11 is 0. The number of aryl methyl sites for hydroxylation is 2. The van der Waals surface area contributed by atoms with Gasteiger partial charge in [0.1, 0.15) is 0 Å². The number of aromatic nitrogens is 2.